The second kappa shape index (κ2) is 7.37. The maximum Gasteiger partial charge on any atom is 0.410 e. The molecule has 0 aromatic carbocycles. The first-order chi connectivity index (χ1) is 12.8. The molecule has 2 amide bonds. The minimum absolute atomic E-state index is 0.162. The Morgan fingerprint density at radius 2 is 1.96 bits per heavy atom. The van der Waals surface area contributed by atoms with Crippen molar-refractivity contribution < 1.29 is 14.3 Å². The first-order valence-corrected chi connectivity index (χ1v) is 9.76. The van der Waals surface area contributed by atoms with Crippen molar-refractivity contribution >= 4 is 12.0 Å². The number of nitrogens with zero attached hydrogens (tertiary/aromatic N) is 2. The van der Waals surface area contributed by atoms with Crippen LogP contribution in [0.15, 0.2) is 10.9 Å². The summed E-state index contributed by atoms with van der Waals surface area (Å²) < 4.78 is 5.75. The maximum atomic E-state index is 12.9. The molecule has 0 radical (unpaired) electrons. The van der Waals surface area contributed by atoms with Crippen LogP contribution in [0.5, 0.6) is 0 Å². The molecule has 0 unspecified atom stereocenters. The number of nitrogens with one attached hydrogen (secondary N) is 1. The van der Waals surface area contributed by atoms with E-state index in [1.807, 2.05) is 4.90 Å². The van der Waals surface area contributed by atoms with E-state index in [1.165, 1.54) is 6.07 Å². The fraction of sp³-hybridized carbons (Fsp3) is 0.650. The van der Waals surface area contributed by atoms with Crippen LogP contribution in [0.3, 0.4) is 0 Å². The van der Waals surface area contributed by atoms with Gasteiger partial charge in [-0.15, -0.1) is 0 Å². The van der Waals surface area contributed by atoms with Gasteiger partial charge < -0.3 is 19.5 Å². The van der Waals surface area contributed by atoms with Gasteiger partial charge in [0.25, 0.3) is 5.91 Å². The van der Waals surface area contributed by atoms with Crippen LogP contribution in [0.2, 0.25) is 0 Å². The number of likely N-dealkylation sites (tertiary alicyclic amines) is 1. The number of H-pyrrole nitrogens is 1. The van der Waals surface area contributed by atoms with Gasteiger partial charge in [-0.25, -0.2) is 4.79 Å². The van der Waals surface area contributed by atoms with E-state index in [-0.39, 0.29) is 29.0 Å². The van der Waals surface area contributed by atoms with Crippen LogP contribution in [0.1, 0.15) is 61.3 Å². The van der Waals surface area contributed by atoms with Gasteiger partial charge in [0.05, 0.1) is 6.54 Å². The topological polar surface area (TPSA) is 82.7 Å². The number of piperidine rings is 1. The lowest BCUT2D eigenvalue weighted by molar-refractivity contribution is 0.00300. The third-order valence-corrected chi connectivity index (χ3v) is 5.76. The Bertz CT molecular complexity index is 793. The van der Waals surface area contributed by atoms with Crippen molar-refractivity contribution in [2.45, 2.75) is 65.0 Å². The van der Waals surface area contributed by atoms with E-state index in [0.29, 0.717) is 38.2 Å². The molecular formula is C20H29N3O4. The Balaban J connectivity index is 1.68. The zero-order valence-electron chi connectivity index (χ0n) is 16.6. The molecule has 27 heavy (non-hydrogen) atoms. The minimum Gasteiger partial charge on any atom is -0.441 e. The second-order valence-electron chi connectivity index (χ2n) is 7.93. The quantitative estimate of drug-likeness (QED) is 0.877. The van der Waals surface area contributed by atoms with Gasteiger partial charge >= 0.3 is 6.09 Å². The summed E-state index contributed by atoms with van der Waals surface area (Å²) in [5.74, 6) is -0.246. The molecule has 0 bridgehead atoms. The molecule has 2 aliphatic rings. The van der Waals surface area contributed by atoms with Gasteiger partial charge in [-0.3, -0.25) is 9.59 Å². The average molecular weight is 375 g/mol. The summed E-state index contributed by atoms with van der Waals surface area (Å²) in [6.45, 7) is 9.25. The van der Waals surface area contributed by atoms with Crippen LogP contribution in [-0.2, 0) is 4.74 Å². The Morgan fingerprint density at radius 3 is 2.56 bits per heavy atom. The lowest BCUT2D eigenvalue weighted by Gasteiger charge is -2.37. The van der Waals surface area contributed by atoms with Gasteiger partial charge in [0, 0.05) is 49.4 Å². The van der Waals surface area contributed by atoms with Crippen molar-refractivity contribution in [3.8, 4) is 0 Å². The average Bonchev–Trinajstić information content (AvgIpc) is 2.91. The third-order valence-electron chi connectivity index (χ3n) is 5.76. The first-order valence-electron chi connectivity index (χ1n) is 9.76. The van der Waals surface area contributed by atoms with E-state index in [4.69, 9.17) is 4.74 Å². The second-order valence-corrected chi connectivity index (χ2v) is 7.93. The van der Waals surface area contributed by atoms with Crippen LogP contribution in [0, 0.1) is 13.8 Å². The summed E-state index contributed by atoms with van der Waals surface area (Å²) in [7, 11) is 0. The highest BCUT2D eigenvalue weighted by molar-refractivity contribution is 5.95. The highest BCUT2D eigenvalue weighted by Gasteiger charge is 2.48. The molecule has 1 spiro atoms. The standard InChI is InChI=1S/C20H29N3O4/c1-5-6-14(3)23-12-20(27-19(23)26)7-9-22(10-8-20)18(25)17-15(4)21-13(2)11-16(17)24/h11,14H,5-10,12H2,1-4H3,(H,21,24)/t14-/m0/s1. The molecule has 7 nitrogen and oxygen atoms in total. The Morgan fingerprint density at radius 1 is 1.30 bits per heavy atom. The van der Waals surface area contributed by atoms with E-state index < -0.39 is 5.60 Å². The number of pyridine rings is 1. The summed E-state index contributed by atoms with van der Waals surface area (Å²) in [5, 5.41) is 0. The van der Waals surface area contributed by atoms with Crippen molar-refractivity contribution in [2.75, 3.05) is 19.6 Å². The number of aromatic amines is 1. The third kappa shape index (κ3) is 3.73. The predicted octanol–water partition coefficient (Wildman–Crippen LogP) is 2.61. The molecule has 1 aromatic heterocycles. The Hall–Kier alpha value is -2.31. The Kier molecular flexibility index (Phi) is 5.31. The van der Waals surface area contributed by atoms with E-state index >= 15 is 0 Å². The molecule has 1 atom stereocenters. The first kappa shape index (κ1) is 19.5. The van der Waals surface area contributed by atoms with Gasteiger partial charge in [-0.1, -0.05) is 13.3 Å². The highest BCUT2D eigenvalue weighted by atomic mass is 16.6. The van der Waals surface area contributed by atoms with Crippen LogP contribution >= 0.6 is 0 Å². The number of amides is 2. The van der Waals surface area contributed by atoms with E-state index in [1.54, 1.807) is 18.7 Å². The summed E-state index contributed by atoms with van der Waals surface area (Å²) >= 11 is 0. The fourth-order valence-electron chi connectivity index (χ4n) is 4.21. The summed E-state index contributed by atoms with van der Waals surface area (Å²) in [5.41, 5.74) is 0.784. The lowest BCUT2D eigenvalue weighted by Crippen LogP contribution is -2.50. The number of aryl methyl sites for hydroxylation is 2. The van der Waals surface area contributed by atoms with Crippen molar-refractivity contribution in [2.24, 2.45) is 0 Å². The number of ether oxygens (including phenoxy) is 1. The zero-order valence-corrected chi connectivity index (χ0v) is 16.6. The highest BCUT2D eigenvalue weighted by Crippen LogP contribution is 2.35. The molecule has 2 fully saturated rings. The number of hydrogen-bond donors (Lipinski definition) is 1. The number of carbonyl (C=O) groups excluding carboxylic acids is 2. The van der Waals surface area contributed by atoms with Crippen molar-refractivity contribution in [3.63, 3.8) is 0 Å². The summed E-state index contributed by atoms with van der Waals surface area (Å²) in [6.07, 6.45) is 2.92. The number of rotatable bonds is 4. The number of aromatic nitrogens is 1. The van der Waals surface area contributed by atoms with Gasteiger partial charge in [-0.2, -0.15) is 0 Å². The summed E-state index contributed by atoms with van der Waals surface area (Å²) in [6, 6.07) is 1.62. The smallest absolute Gasteiger partial charge is 0.410 e. The molecule has 3 heterocycles. The van der Waals surface area contributed by atoms with Gasteiger partial charge in [0.15, 0.2) is 5.43 Å². The van der Waals surface area contributed by atoms with E-state index in [9.17, 15) is 14.4 Å². The van der Waals surface area contributed by atoms with E-state index in [0.717, 1.165) is 18.5 Å². The molecule has 148 valence electrons. The van der Waals surface area contributed by atoms with Crippen molar-refractivity contribution in [1.82, 2.24) is 14.8 Å². The molecular weight excluding hydrogens is 346 g/mol. The molecule has 1 N–H and O–H groups in total. The number of hydrogen-bond acceptors (Lipinski definition) is 4. The fourth-order valence-corrected chi connectivity index (χ4v) is 4.21. The predicted molar refractivity (Wildman–Crippen MR) is 102 cm³/mol. The maximum absolute atomic E-state index is 12.9. The molecule has 2 aliphatic heterocycles. The SMILES string of the molecule is CCC[C@H](C)N1CC2(CCN(C(=O)c3c(C)[nH]c(C)cc3=O)CC2)OC1=O. The van der Waals surface area contributed by atoms with Crippen molar-refractivity contribution in [1.29, 1.82) is 0 Å². The minimum atomic E-state index is -0.509. The molecule has 7 heteroatoms. The van der Waals surface area contributed by atoms with Gasteiger partial charge in [0.2, 0.25) is 0 Å². The van der Waals surface area contributed by atoms with Crippen LogP contribution in [0.25, 0.3) is 0 Å². The largest absolute Gasteiger partial charge is 0.441 e. The zero-order chi connectivity index (χ0) is 19.8. The van der Waals surface area contributed by atoms with Gasteiger partial charge in [-0.05, 0) is 27.2 Å². The van der Waals surface area contributed by atoms with Crippen LogP contribution in [-0.4, -0.2) is 58.1 Å². The van der Waals surface area contributed by atoms with Crippen LogP contribution < -0.4 is 5.43 Å². The molecule has 3 rings (SSSR count). The molecule has 0 aliphatic carbocycles. The summed E-state index contributed by atoms with van der Waals surface area (Å²) in [4.78, 5) is 44.0. The normalized spacial score (nSPS) is 20.1. The lowest BCUT2D eigenvalue weighted by atomic mass is 9.90. The molecule has 0 saturated carbocycles. The van der Waals surface area contributed by atoms with Crippen LogP contribution in [0.4, 0.5) is 4.79 Å². The Labute approximate surface area is 159 Å². The monoisotopic (exact) mass is 375 g/mol. The number of carbonyl (C=O) groups is 2. The van der Waals surface area contributed by atoms with E-state index in [2.05, 4.69) is 18.8 Å². The molecule has 2 saturated heterocycles. The van der Waals surface area contributed by atoms with Gasteiger partial charge in [0.1, 0.15) is 11.2 Å². The van der Waals surface area contributed by atoms with Crippen molar-refractivity contribution in [3.05, 3.63) is 33.2 Å². The molecule has 1 aromatic rings.